The molecule has 0 atom stereocenters. The number of hydrogen-bond acceptors (Lipinski definition) is 3. The number of hydrogen-bond donors (Lipinski definition) is 1. The summed E-state index contributed by atoms with van der Waals surface area (Å²) in [5.41, 5.74) is 1.85. The van der Waals surface area contributed by atoms with Crippen molar-refractivity contribution in [1.29, 1.82) is 0 Å². The molecule has 0 aliphatic carbocycles. The highest BCUT2D eigenvalue weighted by molar-refractivity contribution is 6.31. The van der Waals surface area contributed by atoms with Gasteiger partial charge in [0.2, 0.25) is 5.91 Å². The summed E-state index contributed by atoms with van der Waals surface area (Å²) in [4.78, 5) is 39.8. The van der Waals surface area contributed by atoms with Gasteiger partial charge in [-0.25, -0.2) is 0 Å². The zero-order chi connectivity index (χ0) is 20.1. The smallest absolute Gasteiger partial charge is 0.253 e. The number of halogens is 1. The quantitative estimate of drug-likeness (QED) is 0.859. The van der Waals surface area contributed by atoms with Crippen molar-refractivity contribution in [2.45, 2.75) is 13.5 Å². The van der Waals surface area contributed by atoms with E-state index in [-0.39, 0.29) is 17.7 Å². The van der Waals surface area contributed by atoms with Crippen LogP contribution in [-0.2, 0) is 11.3 Å². The second-order valence-electron chi connectivity index (χ2n) is 6.65. The van der Waals surface area contributed by atoms with E-state index >= 15 is 0 Å². The first-order valence-corrected chi connectivity index (χ1v) is 9.50. The van der Waals surface area contributed by atoms with Gasteiger partial charge in [0.15, 0.2) is 0 Å². The fraction of sp³-hybridized carbons (Fsp3) is 0.286. The van der Waals surface area contributed by atoms with E-state index in [1.54, 1.807) is 40.1 Å². The Morgan fingerprint density at radius 2 is 1.46 bits per heavy atom. The molecule has 2 aromatic rings. The first kappa shape index (κ1) is 19.9. The summed E-state index contributed by atoms with van der Waals surface area (Å²) in [5.74, 6) is -0.292. The molecule has 0 aromatic heterocycles. The van der Waals surface area contributed by atoms with Crippen LogP contribution in [0.2, 0.25) is 5.02 Å². The average molecular weight is 400 g/mol. The molecule has 3 rings (SSSR count). The van der Waals surface area contributed by atoms with E-state index in [0.717, 1.165) is 5.56 Å². The lowest BCUT2D eigenvalue weighted by Crippen LogP contribution is -2.50. The summed E-state index contributed by atoms with van der Waals surface area (Å²) in [7, 11) is 0. The second kappa shape index (κ2) is 8.89. The first-order chi connectivity index (χ1) is 13.5. The van der Waals surface area contributed by atoms with E-state index in [2.05, 4.69) is 5.32 Å². The highest BCUT2D eigenvalue weighted by atomic mass is 35.5. The normalized spacial score (nSPS) is 13.9. The Bertz CT molecular complexity index is 875. The van der Waals surface area contributed by atoms with Gasteiger partial charge in [0.05, 0.1) is 0 Å². The molecule has 0 bridgehead atoms. The van der Waals surface area contributed by atoms with Crippen LogP contribution in [0.25, 0.3) is 0 Å². The Balaban J connectivity index is 1.57. The third-order valence-electron chi connectivity index (χ3n) is 4.80. The van der Waals surface area contributed by atoms with Crippen LogP contribution in [-0.4, -0.2) is 53.7 Å². The van der Waals surface area contributed by atoms with Crippen molar-refractivity contribution in [3.8, 4) is 0 Å². The predicted octanol–water partition coefficient (Wildman–Crippen LogP) is 2.57. The summed E-state index contributed by atoms with van der Waals surface area (Å²) < 4.78 is 0. The zero-order valence-electron chi connectivity index (χ0n) is 15.7. The lowest BCUT2D eigenvalue weighted by molar-refractivity contribution is -0.130. The molecule has 1 saturated heterocycles. The topological polar surface area (TPSA) is 69.7 Å². The molecule has 2 aromatic carbocycles. The van der Waals surface area contributed by atoms with E-state index in [9.17, 15) is 14.4 Å². The van der Waals surface area contributed by atoms with Crippen molar-refractivity contribution in [2.75, 3.05) is 26.2 Å². The Kier molecular flexibility index (Phi) is 6.31. The van der Waals surface area contributed by atoms with Crippen LogP contribution < -0.4 is 5.32 Å². The van der Waals surface area contributed by atoms with Crippen LogP contribution in [0.4, 0.5) is 0 Å². The number of rotatable bonds is 4. The molecule has 1 heterocycles. The zero-order valence-corrected chi connectivity index (χ0v) is 16.4. The van der Waals surface area contributed by atoms with Crippen LogP contribution in [0, 0.1) is 0 Å². The van der Waals surface area contributed by atoms with Crippen LogP contribution in [0.15, 0.2) is 48.5 Å². The maximum absolute atomic E-state index is 12.6. The lowest BCUT2D eigenvalue weighted by atomic mass is 10.1. The van der Waals surface area contributed by atoms with Crippen LogP contribution in [0.1, 0.15) is 33.2 Å². The Hall–Kier alpha value is -2.86. The number of carbonyl (C=O) groups excluding carboxylic acids is 3. The number of benzene rings is 2. The molecule has 1 N–H and O–H groups in total. The Morgan fingerprint density at radius 3 is 2.07 bits per heavy atom. The van der Waals surface area contributed by atoms with Crippen molar-refractivity contribution >= 4 is 29.3 Å². The van der Waals surface area contributed by atoms with E-state index in [0.29, 0.717) is 48.9 Å². The van der Waals surface area contributed by atoms with Gasteiger partial charge >= 0.3 is 0 Å². The van der Waals surface area contributed by atoms with Crippen LogP contribution >= 0.6 is 11.6 Å². The molecule has 0 unspecified atom stereocenters. The molecule has 1 aliphatic heterocycles. The third kappa shape index (κ3) is 4.70. The molecular weight excluding hydrogens is 378 g/mol. The monoisotopic (exact) mass is 399 g/mol. The average Bonchev–Trinajstić information content (AvgIpc) is 2.72. The minimum atomic E-state index is -0.228. The van der Waals surface area contributed by atoms with E-state index in [1.165, 1.54) is 6.92 Å². The Labute approximate surface area is 169 Å². The molecule has 0 spiro atoms. The predicted molar refractivity (Wildman–Crippen MR) is 107 cm³/mol. The van der Waals surface area contributed by atoms with E-state index in [1.807, 2.05) is 18.2 Å². The van der Waals surface area contributed by atoms with Gasteiger partial charge in [0, 0.05) is 55.8 Å². The fourth-order valence-electron chi connectivity index (χ4n) is 3.09. The molecule has 3 amide bonds. The van der Waals surface area contributed by atoms with E-state index in [4.69, 9.17) is 11.6 Å². The summed E-state index contributed by atoms with van der Waals surface area (Å²) in [5, 5.41) is 3.43. The molecular formula is C21H22ClN3O3. The van der Waals surface area contributed by atoms with Gasteiger partial charge in [0.1, 0.15) is 0 Å². The SMILES string of the molecule is CC(=O)N1CCN(C(=O)c2ccc(C(=O)NCc3ccccc3Cl)cc2)CC1. The molecule has 1 fully saturated rings. The van der Waals surface area contributed by atoms with E-state index < -0.39 is 0 Å². The van der Waals surface area contributed by atoms with Crippen molar-refractivity contribution < 1.29 is 14.4 Å². The summed E-state index contributed by atoms with van der Waals surface area (Å²) in [6.45, 7) is 3.98. The maximum Gasteiger partial charge on any atom is 0.253 e. The van der Waals surface area contributed by atoms with Crippen molar-refractivity contribution in [3.05, 3.63) is 70.2 Å². The van der Waals surface area contributed by atoms with Crippen molar-refractivity contribution in [2.24, 2.45) is 0 Å². The van der Waals surface area contributed by atoms with Gasteiger partial charge < -0.3 is 15.1 Å². The lowest BCUT2D eigenvalue weighted by Gasteiger charge is -2.34. The molecule has 146 valence electrons. The first-order valence-electron chi connectivity index (χ1n) is 9.12. The minimum Gasteiger partial charge on any atom is -0.348 e. The van der Waals surface area contributed by atoms with Gasteiger partial charge in [-0.3, -0.25) is 14.4 Å². The summed E-state index contributed by atoms with van der Waals surface area (Å²) >= 11 is 6.09. The van der Waals surface area contributed by atoms with Gasteiger partial charge in [-0.2, -0.15) is 0 Å². The molecule has 0 radical (unpaired) electrons. The van der Waals surface area contributed by atoms with Crippen LogP contribution in [0.3, 0.4) is 0 Å². The molecule has 7 heteroatoms. The number of amides is 3. The Morgan fingerprint density at radius 1 is 0.893 bits per heavy atom. The molecule has 1 aliphatic rings. The number of nitrogens with one attached hydrogen (secondary N) is 1. The van der Waals surface area contributed by atoms with Gasteiger partial charge in [-0.1, -0.05) is 29.8 Å². The fourth-order valence-corrected chi connectivity index (χ4v) is 3.29. The number of carbonyl (C=O) groups is 3. The second-order valence-corrected chi connectivity index (χ2v) is 7.06. The highest BCUT2D eigenvalue weighted by Crippen LogP contribution is 2.15. The number of piperazine rings is 1. The number of nitrogens with zero attached hydrogens (tertiary/aromatic N) is 2. The summed E-state index contributed by atoms with van der Waals surface area (Å²) in [6, 6.07) is 13.9. The molecule has 6 nitrogen and oxygen atoms in total. The third-order valence-corrected chi connectivity index (χ3v) is 5.17. The van der Waals surface area contributed by atoms with Gasteiger partial charge in [-0.05, 0) is 35.9 Å². The van der Waals surface area contributed by atoms with Crippen molar-refractivity contribution in [3.63, 3.8) is 0 Å². The summed E-state index contributed by atoms with van der Waals surface area (Å²) in [6.07, 6.45) is 0. The maximum atomic E-state index is 12.6. The highest BCUT2D eigenvalue weighted by Gasteiger charge is 2.23. The molecule has 0 saturated carbocycles. The van der Waals surface area contributed by atoms with Crippen LogP contribution in [0.5, 0.6) is 0 Å². The van der Waals surface area contributed by atoms with Gasteiger partial charge in [-0.15, -0.1) is 0 Å². The molecule has 28 heavy (non-hydrogen) atoms. The largest absolute Gasteiger partial charge is 0.348 e. The minimum absolute atomic E-state index is 0.0271. The van der Waals surface area contributed by atoms with Crippen molar-refractivity contribution in [1.82, 2.24) is 15.1 Å². The van der Waals surface area contributed by atoms with Gasteiger partial charge in [0.25, 0.3) is 11.8 Å². The standard InChI is InChI=1S/C21H22ClN3O3/c1-15(26)24-10-12-25(13-11-24)21(28)17-8-6-16(7-9-17)20(27)23-14-18-4-2-3-5-19(18)22/h2-9H,10-14H2,1H3,(H,23,27).